The molecule has 1 aromatic heterocycles. The third-order valence-electron chi connectivity index (χ3n) is 3.26. The molecule has 2 aromatic rings. The number of pyridine rings is 1. The van der Waals surface area contributed by atoms with E-state index in [2.05, 4.69) is 32.8 Å². The average molecular weight is 369 g/mol. The summed E-state index contributed by atoms with van der Waals surface area (Å²) in [6.45, 7) is 9.92. The maximum absolute atomic E-state index is 12.2. The molecule has 2 rings (SSSR count). The van der Waals surface area contributed by atoms with Gasteiger partial charge >= 0.3 is 0 Å². The SMILES string of the molecule is Cc1cc2ccc(Br)cc2nc1[C@@H](C)N[S@+]([O-])C(C)(C)C. The van der Waals surface area contributed by atoms with Gasteiger partial charge in [0.15, 0.2) is 0 Å². The number of aromatic nitrogens is 1. The van der Waals surface area contributed by atoms with Crippen molar-refractivity contribution in [1.29, 1.82) is 0 Å². The van der Waals surface area contributed by atoms with Crippen molar-refractivity contribution in [1.82, 2.24) is 9.71 Å². The van der Waals surface area contributed by atoms with Crippen LogP contribution in [-0.2, 0) is 11.4 Å². The minimum atomic E-state index is -1.11. The highest BCUT2D eigenvalue weighted by Crippen LogP contribution is 2.25. The van der Waals surface area contributed by atoms with Gasteiger partial charge in [-0.3, -0.25) is 4.98 Å². The number of aryl methyl sites for hydroxylation is 1. The Morgan fingerprint density at radius 3 is 2.57 bits per heavy atom. The second kappa shape index (κ2) is 6.24. The Kier molecular flexibility index (Phi) is 4.98. The predicted molar refractivity (Wildman–Crippen MR) is 93.6 cm³/mol. The normalized spacial score (nSPS) is 15.2. The van der Waals surface area contributed by atoms with Gasteiger partial charge in [-0.1, -0.05) is 22.0 Å². The van der Waals surface area contributed by atoms with E-state index in [1.165, 1.54) is 0 Å². The molecule has 0 radical (unpaired) electrons. The summed E-state index contributed by atoms with van der Waals surface area (Å²) in [5.74, 6) is 0. The zero-order chi connectivity index (χ0) is 15.8. The molecule has 0 saturated heterocycles. The Labute approximate surface area is 138 Å². The van der Waals surface area contributed by atoms with Gasteiger partial charge in [0.25, 0.3) is 0 Å². The maximum atomic E-state index is 12.2. The molecule has 0 amide bonds. The van der Waals surface area contributed by atoms with E-state index in [0.29, 0.717) is 0 Å². The van der Waals surface area contributed by atoms with Gasteiger partial charge in [-0.05, 0) is 58.4 Å². The number of benzene rings is 1. The van der Waals surface area contributed by atoms with Gasteiger partial charge in [0.05, 0.1) is 17.3 Å². The standard InChI is InChI=1S/C16H21BrN2OS/c1-10-8-12-6-7-13(17)9-14(12)18-15(10)11(2)19-21(20)16(3,4)5/h6-9,11,19H,1-5H3/t11-,21-/m1/s1. The molecule has 114 valence electrons. The van der Waals surface area contributed by atoms with Crippen molar-refractivity contribution in [2.24, 2.45) is 0 Å². The van der Waals surface area contributed by atoms with Gasteiger partial charge in [0.1, 0.15) is 4.75 Å². The van der Waals surface area contributed by atoms with E-state index in [0.717, 1.165) is 26.6 Å². The lowest BCUT2D eigenvalue weighted by atomic mass is 10.1. The van der Waals surface area contributed by atoms with E-state index < -0.39 is 11.4 Å². The van der Waals surface area contributed by atoms with E-state index >= 15 is 0 Å². The third-order valence-corrected chi connectivity index (χ3v) is 5.43. The minimum absolute atomic E-state index is 0.0616. The van der Waals surface area contributed by atoms with Gasteiger partial charge in [0.2, 0.25) is 0 Å². The van der Waals surface area contributed by atoms with Crippen LogP contribution < -0.4 is 4.72 Å². The minimum Gasteiger partial charge on any atom is -0.598 e. The zero-order valence-electron chi connectivity index (χ0n) is 13.0. The first-order chi connectivity index (χ1) is 9.68. The lowest BCUT2D eigenvalue weighted by Crippen LogP contribution is -2.40. The van der Waals surface area contributed by atoms with Crippen LogP contribution in [0.15, 0.2) is 28.7 Å². The van der Waals surface area contributed by atoms with Crippen LogP contribution in [0.5, 0.6) is 0 Å². The van der Waals surface area contributed by atoms with E-state index in [1.54, 1.807) is 0 Å². The first-order valence-electron chi connectivity index (χ1n) is 6.93. The van der Waals surface area contributed by atoms with E-state index in [4.69, 9.17) is 4.98 Å². The first kappa shape index (κ1) is 16.7. The van der Waals surface area contributed by atoms with E-state index in [-0.39, 0.29) is 10.8 Å². The zero-order valence-corrected chi connectivity index (χ0v) is 15.4. The van der Waals surface area contributed by atoms with Crippen LogP contribution in [0.1, 0.15) is 45.0 Å². The van der Waals surface area contributed by atoms with Crippen LogP contribution in [0.25, 0.3) is 10.9 Å². The molecular formula is C16H21BrN2OS. The average Bonchev–Trinajstić information content (AvgIpc) is 2.37. The molecule has 5 heteroatoms. The summed E-state index contributed by atoms with van der Waals surface area (Å²) in [6, 6.07) is 8.13. The van der Waals surface area contributed by atoms with Crippen LogP contribution in [0.2, 0.25) is 0 Å². The van der Waals surface area contributed by atoms with Crippen LogP contribution >= 0.6 is 15.9 Å². The summed E-state index contributed by atoms with van der Waals surface area (Å²) in [6.07, 6.45) is 0. The summed E-state index contributed by atoms with van der Waals surface area (Å²) in [5.41, 5.74) is 2.99. The van der Waals surface area contributed by atoms with Crippen molar-refractivity contribution in [3.63, 3.8) is 0 Å². The highest BCUT2D eigenvalue weighted by atomic mass is 79.9. The molecule has 2 atom stereocenters. The fraction of sp³-hybridized carbons (Fsp3) is 0.438. The number of hydrogen-bond donors (Lipinski definition) is 1. The number of halogens is 1. The van der Waals surface area contributed by atoms with Crippen molar-refractivity contribution in [3.05, 3.63) is 40.0 Å². The number of rotatable bonds is 3. The van der Waals surface area contributed by atoms with Crippen LogP contribution in [0.3, 0.4) is 0 Å². The second-order valence-corrected chi connectivity index (χ2v) is 9.16. The molecule has 0 aliphatic carbocycles. The summed E-state index contributed by atoms with van der Waals surface area (Å²) < 4.78 is 16.1. The van der Waals surface area contributed by atoms with Crippen LogP contribution in [-0.4, -0.2) is 14.3 Å². The molecular weight excluding hydrogens is 348 g/mol. The molecule has 3 nitrogen and oxygen atoms in total. The van der Waals surface area contributed by atoms with Gasteiger partial charge in [0, 0.05) is 21.2 Å². The molecule has 0 unspecified atom stereocenters. The molecule has 1 heterocycles. The van der Waals surface area contributed by atoms with Gasteiger partial charge in [-0.25, -0.2) is 0 Å². The van der Waals surface area contributed by atoms with Crippen molar-refractivity contribution in [3.8, 4) is 0 Å². The smallest absolute Gasteiger partial charge is 0.136 e. The number of hydrogen-bond acceptors (Lipinski definition) is 3. The second-order valence-electron chi connectivity index (χ2n) is 6.25. The van der Waals surface area contributed by atoms with Crippen molar-refractivity contribution in [2.45, 2.75) is 45.4 Å². The molecule has 0 spiro atoms. The summed E-state index contributed by atoms with van der Waals surface area (Å²) in [7, 11) is 0. The fourth-order valence-corrected chi connectivity index (χ4v) is 3.23. The Morgan fingerprint density at radius 2 is 1.95 bits per heavy atom. The maximum Gasteiger partial charge on any atom is 0.136 e. The number of fused-ring (bicyclic) bond motifs is 1. The van der Waals surface area contributed by atoms with Gasteiger partial charge in [-0.2, -0.15) is 0 Å². The van der Waals surface area contributed by atoms with Gasteiger partial charge < -0.3 is 4.55 Å². The first-order valence-corrected chi connectivity index (χ1v) is 8.87. The van der Waals surface area contributed by atoms with E-state index in [1.807, 2.05) is 46.8 Å². The lowest BCUT2D eigenvalue weighted by Gasteiger charge is -2.26. The summed E-state index contributed by atoms with van der Waals surface area (Å²) in [4.78, 5) is 4.74. The fourth-order valence-electron chi connectivity index (χ4n) is 2.09. The molecule has 0 fully saturated rings. The lowest BCUT2D eigenvalue weighted by molar-refractivity contribution is 0.529. The molecule has 0 bridgehead atoms. The Hall–Kier alpha value is -0.620. The topological polar surface area (TPSA) is 48.0 Å². The molecule has 1 N–H and O–H groups in total. The Balaban J connectivity index is 2.34. The molecule has 21 heavy (non-hydrogen) atoms. The Bertz CT molecular complexity index is 655. The van der Waals surface area contributed by atoms with Crippen molar-refractivity contribution < 1.29 is 4.55 Å². The quantitative estimate of drug-likeness (QED) is 0.815. The van der Waals surface area contributed by atoms with Crippen LogP contribution in [0.4, 0.5) is 0 Å². The van der Waals surface area contributed by atoms with Crippen molar-refractivity contribution in [2.75, 3.05) is 0 Å². The van der Waals surface area contributed by atoms with Crippen molar-refractivity contribution >= 4 is 38.2 Å². The molecule has 0 aliphatic heterocycles. The molecule has 0 aliphatic rings. The Morgan fingerprint density at radius 1 is 1.29 bits per heavy atom. The van der Waals surface area contributed by atoms with E-state index in [9.17, 15) is 4.55 Å². The summed E-state index contributed by atoms with van der Waals surface area (Å²) >= 11 is 2.36. The third kappa shape index (κ3) is 3.97. The molecule has 0 saturated carbocycles. The van der Waals surface area contributed by atoms with Crippen LogP contribution in [0, 0.1) is 6.92 Å². The highest BCUT2D eigenvalue weighted by molar-refractivity contribution is 9.10. The predicted octanol–water partition coefficient (Wildman–Crippen LogP) is 4.42. The number of nitrogens with zero attached hydrogens (tertiary/aromatic N) is 1. The number of nitrogens with one attached hydrogen (secondary N) is 1. The largest absolute Gasteiger partial charge is 0.598 e. The highest BCUT2D eigenvalue weighted by Gasteiger charge is 2.29. The monoisotopic (exact) mass is 368 g/mol. The molecule has 1 aromatic carbocycles. The van der Waals surface area contributed by atoms with Gasteiger partial charge in [-0.15, -0.1) is 4.72 Å². The summed E-state index contributed by atoms with van der Waals surface area (Å²) in [5, 5.41) is 1.11.